The zero-order valence-corrected chi connectivity index (χ0v) is 12.0. The first-order valence-corrected chi connectivity index (χ1v) is 6.74. The minimum atomic E-state index is 0.775. The summed E-state index contributed by atoms with van der Waals surface area (Å²) in [5.74, 6) is 0. The van der Waals surface area contributed by atoms with E-state index in [-0.39, 0.29) is 0 Å². The standard InChI is InChI=1S/C18H17NO/c1-12-7-6-9-14(13(12)2)18-16(11-20)15-8-4-5-10-17(15)19(18)3/h4-11H,1-3H3. The van der Waals surface area contributed by atoms with Gasteiger partial charge in [-0.05, 0) is 31.0 Å². The topological polar surface area (TPSA) is 22.0 Å². The maximum atomic E-state index is 11.6. The first-order valence-electron chi connectivity index (χ1n) is 6.74. The van der Waals surface area contributed by atoms with Crippen LogP contribution in [0.15, 0.2) is 42.5 Å². The summed E-state index contributed by atoms with van der Waals surface area (Å²) < 4.78 is 2.11. The van der Waals surface area contributed by atoms with Gasteiger partial charge in [0, 0.05) is 29.1 Å². The van der Waals surface area contributed by atoms with Crippen molar-refractivity contribution in [2.45, 2.75) is 13.8 Å². The predicted molar refractivity (Wildman–Crippen MR) is 83.2 cm³/mol. The zero-order chi connectivity index (χ0) is 14.3. The number of fused-ring (bicyclic) bond motifs is 1. The van der Waals surface area contributed by atoms with Crippen LogP contribution in [0.5, 0.6) is 0 Å². The third-order valence-electron chi connectivity index (χ3n) is 4.12. The van der Waals surface area contributed by atoms with Crippen molar-refractivity contribution < 1.29 is 4.79 Å². The Kier molecular flexibility index (Phi) is 2.94. The highest BCUT2D eigenvalue weighted by Gasteiger charge is 2.17. The molecular weight excluding hydrogens is 246 g/mol. The second kappa shape index (κ2) is 4.64. The van der Waals surface area contributed by atoms with Gasteiger partial charge in [-0.3, -0.25) is 4.79 Å². The van der Waals surface area contributed by atoms with Gasteiger partial charge in [-0.1, -0.05) is 36.4 Å². The van der Waals surface area contributed by atoms with Crippen LogP contribution in [0.2, 0.25) is 0 Å². The Bertz CT molecular complexity index is 812. The van der Waals surface area contributed by atoms with Crippen molar-refractivity contribution in [3.05, 3.63) is 59.2 Å². The lowest BCUT2D eigenvalue weighted by Crippen LogP contribution is -1.96. The number of carbonyl (C=O) groups excluding carboxylic acids is 1. The maximum Gasteiger partial charge on any atom is 0.152 e. The monoisotopic (exact) mass is 263 g/mol. The van der Waals surface area contributed by atoms with Crippen molar-refractivity contribution in [2.75, 3.05) is 0 Å². The molecule has 2 aromatic carbocycles. The van der Waals surface area contributed by atoms with Crippen LogP contribution in [0.25, 0.3) is 22.2 Å². The number of aryl methyl sites for hydroxylation is 2. The minimum Gasteiger partial charge on any atom is -0.343 e. The molecule has 2 nitrogen and oxygen atoms in total. The molecule has 0 N–H and O–H groups in total. The quantitative estimate of drug-likeness (QED) is 0.633. The van der Waals surface area contributed by atoms with E-state index < -0.39 is 0 Å². The van der Waals surface area contributed by atoms with Crippen molar-refractivity contribution in [3.8, 4) is 11.3 Å². The summed E-state index contributed by atoms with van der Waals surface area (Å²) in [7, 11) is 2.02. The van der Waals surface area contributed by atoms with Crippen LogP contribution in [0.4, 0.5) is 0 Å². The fraction of sp³-hybridized carbons (Fsp3) is 0.167. The van der Waals surface area contributed by atoms with Crippen LogP contribution in [0, 0.1) is 13.8 Å². The fourth-order valence-corrected chi connectivity index (χ4v) is 2.88. The van der Waals surface area contributed by atoms with Crippen LogP contribution in [0.3, 0.4) is 0 Å². The third kappa shape index (κ3) is 1.68. The van der Waals surface area contributed by atoms with Gasteiger partial charge in [-0.2, -0.15) is 0 Å². The molecule has 0 unspecified atom stereocenters. The van der Waals surface area contributed by atoms with Gasteiger partial charge in [0.1, 0.15) is 0 Å². The molecule has 0 atom stereocenters. The van der Waals surface area contributed by atoms with E-state index in [4.69, 9.17) is 0 Å². The number of aldehydes is 1. The van der Waals surface area contributed by atoms with Gasteiger partial charge in [-0.15, -0.1) is 0 Å². The number of carbonyl (C=O) groups is 1. The van der Waals surface area contributed by atoms with E-state index in [9.17, 15) is 4.79 Å². The molecule has 1 aromatic heterocycles. The van der Waals surface area contributed by atoms with E-state index in [1.54, 1.807) is 0 Å². The number of para-hydroxylation sites is 1. The highest BCUT2D eigenvalue weighted by Crippen LogP contribution is 2.34. The summed E-state index contributed by atoms with van der Waals surface area (Å²) in [5, 5.41) is 1.01. The average Bonchev–Trinajstić information content (AvgIpc) is 2.75. The lowest BCUT2D eigenvalue weighted by molar-refractivity contribution is 0.112. The summed E-state index contributed by atoms with van der Waals surface area (Å²) in [6.07, 6.45) is 0.972. The molecule has 0 amide bonds. The van der Waals surface area contributed by atoms with E-state index in [0.29, 0.717) is 0 Å². The van der Waals surface area contributed by atoms with Gasteiger partial charge in [0.25, 0.3) is 0 Å². The van der Waals surface area contributed by atoms with Gasteiger partial charge in [-0.25, -0.2) is 0 Å². The van der Waals surface area contributed by atoms with Crippen LogP contribution >= 0.6 is 0 Å². The molecule has 3 aromatic rings. The van der Waals surface area contributed by atoms with E-state index >= 15 is 0 Å². The van der Waals surface area contributed by atoms with Gasteiger partial charge < -0.3 is 4.57 Å². The Labute approximate surface area is 118 Å². The normalized spacial score (nSPS) is 10.9. The summed E-state index contributed by atoms with van der Waals surface area (Å²) >= 11 is 0. The van der Waals surface area contributed by atoms with Crippen LogP contribution < -0.4 is 0 Å². The van der Waals surface area contributed by atoms with Crippen molar-refractivity contribution in [1.29, 1.82) is 0 Å². The second-order valence-electron chi connectivity index (χ2n) is 5.20. The lowest BCUT2D eigenvalue weighted by atomic mass is 9.98. The van der Waals surface area contributed by atoms with E-state index in [1.165, 1.54) is 11.1 Å². The Morgan fingerprint density at radius 2 is 1.75 bits per heavy atom. The third-order valence-corrected chi connectivity index (χ3v) is 4.12. The summed E-state index contributed by atoms with van der Waals surface area (Å²) in [4.78, 5) is 11.6. The molecule has 0 aliphatic carbocycles. The fourth-order valence-electron chi connectivity index (χ4n) is 2.88. The highest BCUT2D eigenvalue weighted by atomic mass is 16.1. The second-order valence-corrected chi connectivity index (χ2v) is 5.20. The Morgan fingerprint density at radius 1 is 1.00 bits per heavy atom. The molecule has 0 fully saturated rings. The Morgan fingerprint density at radius 3 is 2.50 bits per heavy atom. The first-order chi connectivity index (χ1) is 9.65. The van der Waals surface area contributed by atoms with Crippen molar-refractivity contribution in [1.82, 2.24) is 4.57 Å². The molecule has 0 saturated heterocycles. The summed E-state index contributed by atoms with van der Waals surface area (Å²) in [6, 6.07) is 14.3. The number of rotatable bonds is 2. The van der Waals surface area contributed by atoms with Gasteiger partial charge in [0.05, 0.1) is 5.69 Å². The molecule has 0 aliphatic heterocycles. The van der Waals surface area contributed by atoms with Crippen molar-refractivity contribution in [2.24, 2.45) is 7.05 Å². The van der Waals surface area contributed by atoms with Crippen molar-refractivity contribution in [3.63, 3.8) is 0 Å². The molecule has 0 spiro atoms. The van der Waals surface area contributed by atoms with Crippen LogP contribution in [0.1, 0.15) is 21.5 Å². The molecular formula is C18H17NO. The maximum absolute atomic E-state index is 11.6. The highest BCUT2D eigenvalue weighted by molar-refractivity contribution is 6.05. The molecule has 100 valence electrons. The molecule has 3 rings (SSSR count). The number of hydrogen-bond acceptors (Lipinski definition) is 1. The van der Waals surface area contributed by atoms with Crippen molar-refractivity contribution >= 4 is 17.2 Å². The number of benzene rings is 2. The molecule has 2 heteroatoms. The molecule has 1 heterocycles. The molecule has 0 aliphatic rings. The SMILES string of the molecule is Cc1cccc(-c2c(C=O)c3ccccc3n2C)c1C. The number of hydrogen-bond donors (Lipinski definition) is 0. The Balaban J connectivity index is 2.45. The summed E-state index contributed by atoms with van der Waals surface area (Å²) in [6.45, 7) is 4.21. The number of aromatic nitrogens is 1. The average molecular weight is 263 g/mol. The lowest BCUT2D eigenvalue weighted by Gasteiger charge is -2.11. The Hall–Kier alpha value is -2.35. The minimum absolute atomic E-state index is 0.775. The molecule has 0 bridgehead atoms. The molecule has 20 heavy (non-hydrogen) atoms. The van der Waals surface area contributed by atoms with E-state index in [0.717, 1.165) is 34.0 Å². The van der Waals surface area contributed by atoms with E-state index in [2.05, 4.69) is 36.6 Å². The van der Waals surface area contributed by atoms with Gasteiger partial charge >= 0.3 is 0 Å². The first kappa shape index (κ1) is 12.7. The number of nitrogens with zero attached hydrogens (tertiary/aromatic N) is 1. The smallest absolute Gasteiger partial charge is 0.152 e. The van der Waals surface area contributed by atoms with Gasteiger partial charge in [0.15, 0.2) is 6.29 Å². The molecule has 0 radical (unpaired) electrons. The van der Waals surface area contributed by atoms with Gasteiger partial charge in [0.2, 0.25) is 0 Å². The van der Waals surface area contributed by atoms with E-state index in [1.807, 2.05) is 31.3 Å². The summed E-state index contributed by atoms with van der Waals surface area (Å²) in [5.41, 5.74) is 6.46. The largest absolute Gasteiger partial charge is 0.343 e. The molecule has 0 saturated carbocycles. The predicted octanol–water partition coefficient (Wildman–Crippen LogP) is 4.27. The zero-order valence-electron chi connectivity index (χ0n) is 12.0. The van der Waals surface area contributed by atoms with Crippen LogP contribution in [-0.4, -0.2) is 10.9 Å². The van der Waals surface area contributed by atoms with Crippen LogP contribution in [-0.2, 0) is 7.05 Å².